The van der Waals surface area contributed by atoms with Gasteiger partial charge in [0.05, 0.1) is 34.1 Å². The quantitative estimate of drug-likeness (QED) is 0.713. The van der Waals surface area contributed by atoms with Crippen molar-refractivity contribution in [3.63, 3.8) is 0 Å². The first kappa shape index (κ1) is 13.5. The molecule has 106 valence electrons. The first-order chi connectivity index (χ1) is 10.0. The van der Waals surface area contributed by atoms with E-state index in [2.05, 4.69) is 4.98 Å². The largest absolute Gasteiger partial charge is 0.495 e. The van der Waals surface area contributed by atoms with Gasteiger partial charge in [0.25, 0.3) is 0 Å². The molecule has 6 heteroatoms. The van der Waals surface area contributed by atoms with E-state index in [0.717, 1.165) is 0 Å². The van der Waals surface area contributed by atoms with Crippen molar-refractivity contribution in [1.29, 1.82) is 0 Å². The van der Waals surface area contributed by atoms with Crippen LogP contribution < -0.4 is 10.2 Å². The number of benzene rings is 2. The number of halogens is 1. The Labute approximate surface area is 123 Å². The number of hydrogen-bond acceptors (Lipinski definition) is 3. The van der Waals surface area contributed by atoms with E-state index in [-0.39, 0.29) is 16.0 Å². The number of ether oxygens (including phenoxy) is 1. The summed E-state index contributed by atoms with van der Waals surface area (Å²) in [7, 11) is 1.49. The van der Waals surface area contributed by atoms with Crippen LogP contribution in [0.3, 0.4) is 0 Å². The second-order valence-corrected chi connectivity index (χ2v) is 4.89. The van der Waals surface area contributed by atoms with Crippen LogP contribution in [0.4, 0.5) is 0 Å². The summed E-state index contributed by atoms with van der Waals surface area (Å²) in [6, 6.07) is 7.77. The summed E-state index contributed by atoms with van der Waals surface area (Å²) in [4.78, 5) is 27.0. The Morgan fingerprint density at radius 1 is 1.24 bits per heavy atom. The van der Waals surface area contributed by atoms with Gasteiger partial charge < -0.3 is 14.8 Å². The van der Waals surface area contributed by atoms with Gasteiger partial charge >= 0.3 is 5.97 Å². The highest BCUT2D eigenvalue weighted by Gasteiger charge is 2.17. The zero-order valence-electron chi connectivity index (χ0n) is 10.9. The number of carbonyl (C=O) groups is 1. The SMILES string of the molecule is COc1cccc2c(=O)c3c(C(=O)O)ccc(Cl)c3[nH]c12. The normalized spacial score (nSPS) is 11.0. The molecule has 0 atom stereocenters. The van der Waals surface area contributed by atoms with Crippen LogP contribution in [-0.2, 0) is 0 Å². The molecular formula is C15H10ClNO4. The number of carboxylic acid groups (broad SMARTS) is 1. The molecule has 0 aliphatic heterocycles. The van der Waals surface area contributed by atoms with Crippen molar-refractivity contribution in [2.24, 2.45) is 0 Å². The van der Waals surface area contributed by atoms with Crippen molar-refractivity contribution < 1.29 is 14.6 Å². The number of nitrogens with one attached hydrogen (secondary N) is 1. The summed E-state index contributed by atoms with van der Waals surface area (Å²) in [6.07, 6.45) is 0. The average molecular weight is 304 g/mol. The number of fused-ring (bicyclic) bond motifs is 2. The predicted octanol–water partition coefficient (Wildman–Crippen LogP) is 3.04. The van der Waals surface area contributed by atoms with Crippen LogP contribution >= 0.6 is 11.6 Å². The summed E-state index contributed by atoms with van der Waals surface area (Å²) in [5, 5.41) is 9.95. The molecule has 1 heterocycles. The number of aromatic amines is 1. The van der Waals surface area contributed by atoms with Crippen LogP contribution in [0.1, 0.15) is 10.4 Å². The zero-order chi connectivity index (χ0) is 15.1. The van der Waals surface area contributed by atoms with E-state index in [4.69, 9.17) is 16.3 Å². The van der Waals surface area contributed by atoms with Crippen molar-refractivity contribution in [2.75, 3.05) is 7.11 Å². The maximum absolute atomic E-state index is 12.6. The molecule has 1 aromatic heterocycles. The van der Waals surface area contributed by atoms with E-state index >= 15 is 0 Å². The molecule has 0 bridgehead atoms. The van der Waals surface area contributed by atoms with Gasteiger partial charge in [-0.15, -0.1) is 0 Å². The van der Waals surface area contributed by atoms with Crippen LogP contribution in [0.5, 0.6) is 5.75 Å². The third-order valence-corrected chi connectivity index (χ3v) is 3.67. The van der Waals surface area contributed by atoms with E-state index < -0.39 is 11.4 Å². The minimum atomic E-state index is -1.18. The summed E-state index contributed by atoms with van der Waals surface area (Å²) in [6.45, 7) is 0. The highest BCUT2D eigenvalue weighted by Crippen LogP contribution is 2.28. The number of para-hydroxylation sites is 1. The standard InChI is InChI=1S/C15H10ClNO4/c1-21-10-4-2-3-8-12(10)17-13-9(16)6-5-7(15(19)20)11(13)14(8)18/h2-6H,1H3,(H,17,18)(H,19,20). The molecule has 0 radical (unpaired) electrons. The highest BCUT2D eigenvalue weighted by molar-refractivity contribution is 6.35. The Bertz CT molecular complexity index is 946. The zero-order valence-corrected chi connectivity index (χ0v) is 11.7. The Hall–Kier alpha value is -2.53. The molecule has 0 spiro atoms. The fourth-order valence-corrected chi connectivity index (χ4v) is 2.60. The fourth-order valence-electron chi connectivity index (χ4n) is 2.39. The topological polar surface area (TPSA) is 79.4 Å². The summed E-state index contributed by atoms with van der Waals surface area (Å²) in [5.41, 5.74) is 0.304. The third-order valence-electron chi connectivity index (χ3n) is 3.35. The van der Waals surface area contributed by atoms with E-state index in [9.17, 15) is 14.7 Å². The van der Waals surface area contributed by atoms with Crippen molar-refractivity contribution in [2.45, 2.75) is 0 Å². The minimum Gasteiger partial charge on any atom is -0.495 e. The number of hydrogen-bond donors (Lipinski definition) is 2. The lowest BCUT2D eigenvalue weighted by Crippen LogP contribution is -2.10. The van der Waals surface area contributed by atoms with Gasteiger partial charge in [0.15, 0.2) is 5.43 Å². The second-order valence-electron chi connectivity index (χ2n) is 4.49. The molecule has 3 aromatic rings. The Balaban J connectivity index is 2.63. The number of aromatic carboxylic acids is 1. The molecule has 2 aromatic carbocycles. The Kier molecular flexibility index (Phi) is 3.07. The van der Waals surface area contributed by atoms with Crippen molar-refractivity contribution >= 4 is 39.4 Å². The van der Waals surface area contributed by atoms with Crippen molar-refractivity contribution in [3.05, 3.63) is 51.1 Å². The van der Waals surface area contributed by atoms with E-state index in [0.29, 0.717) is 22.2 Å². The molecule has 3 rings (SSSR count). The summed E-state index contributed by atoms with van der Waals surface area (Å²) >= 11 is 6.10. The first-order valence-electron chi connectivity index (χ1n) is 6.09. The number of carboxylic acids is 1. The average Bonchev–Trinajstić information content (AvgIpc) is 2.47. The summed E-state index contributed by atoms with van der Waals surface area (Å²) < 4.78 is 5.22. The highest BCUT2D eigenvalue weighted by atomic mass is 35.5. The molecule has 2 N–H and O–H groups in total. The molecule has 0 saturated carbocycles. The lowest BCUT2D eigenvalue weighted by Gasteiger charge is -2.09. The molecule has 0 fully saturated rings. The van der Waals surface area contributed by atoms with Crippen LogP contribution in [0.15, 0.2) is 35.1 Å². The van der Waals surface area contributed by atoms with Gasteiger partial charge in [-0.3, -0.25) is 4.79 Å². The van der Waals surface area contributed by atoms with Crippen LogP contribution in [-0.4, -0.2) is 23.2 Å². The predicted molar refractivity (Wildman–Crippen MR) is 80.6 cm³/mol. The Morgan fingerprint density at radius 2 is 2.00 bits per heavy atom. The number of pyridine rings is 1. The van der Waals surface area contributed by atoms with E-state index in [1.165, 1.54) is 19.2 Å². The van der Waals surface area contributed by atoms with Gasteiger partial charge in [-0.1, -0.05) is 17.7 Å². The van der Waals surface area contributed by atoms with E-state index in [1.807, 2.05) is 0 Å². The smallest absolute Gasteiger partial charge is 0.336 e. The van der Waals surface area contributed by atoms with Crippen LogP contribution in [0.25, 0.3) is 21.8 Å². The molecule has 0 amide bonds. The van der Waals surface area contributed by atoms with E-state index in [1.54, 1.807) is 18.2 Å². The molecule has 0 aliphatic rings. The lowest BCUT2D eigenvalue weighted by atomic mass is 10.0. The van der Waals surface area contributed by atoms with Gasteiger partial charge in [-0.05, 0) is 24.3 Å². The number of aromatic nitrogens is 1. The second kappa shape index (κ2) is 4.79. The molecule has 5 nitrogen and oxygen atoms in total. The van der Waals surface area contributed by atoms with Crippen molar-refractivity contribution in [1.82, 2.24) is 4.98 Å². The van der Waals surface area contributed by atoms with Crippen molar-refractivity contribution in [3.8, 4) is 5.75 Å². The molecule has 0 unspecified atom stereocenters. The molecular weight excluding hydrogens is 294 g/mol. The fraction of sp³-hybridized carbons (Fsp3) is 0.0667. The van der Waals surface area contributed by atoms with Gasteiger partial charge in [0.2, 0.25) is 0 Å². The third kappa shape index (κ3) is 1.94. The summed E-state index contributed by atoms with van der Waals surface area (Å²) in [5.74, 6) is -0.687. The maximum atomic E-state index is 12.6. The monoisotopic (exact) mass is 303 g/mol. The van der Waals surface area contributed by atoms with Gasteiger partial charge in [-0.2, -0.15) is 0 Å². The Morgan fingerprint density at radius 3 is 2.67 bits per heavy atom. The molecule has 0 saturated heterocycles. The maximum Gasteiger partial charge on any atom is 0.336 e. The molecule has 21 heavy (non-hydrogen) atoms. The first-order valence-corrected chi connectivity index (χ1v) is 6.47. The van der Waals surface area contributed by atoms with Gasteiger partial charge in [-0.25, -0.2) is 4.79 Å². The number of methoxy groups -OCH3 is 1. The van der Waals surface area contributed by atoms with Gasteiger partial charge in [0, 0.05) is 5.39 Å². The number of rotatable bonds is 2. The minimum absolute atomic E-state index is 0.0655. The number of H-pyrrole nitrogens is 1. The van der Waals surface area contributed by atoms with Gasteiger partial charge in [0.1, 0.15) is 5.75 Å². The van der Waals surface area contributed by atoms with Crippen LogP contribution in [0.2, 0.25) is 5.02 Å². The van der Waals surface area contributed by atoms with Crippen LogP contribution in [0, 0.1) is 0 Å². The lowest BCUT2D eigenvalue weighted by molar-refractivity contribution is 0.0699. The molecule has 0 aliphatic carbocycles.